The predicted octanol–water partition coefficient (Wildman–Crippen LogP) is 7.56. The number of hydrogen-bond donors (Lipinski definition) is 4. The molecule has 45 heavy (non-hydrogen) atoms. The summed E-state index contributed by atoms with van der Waals surface area (Å²) in [4.78, 5) is 8.69. The molecule has 5 rings (SSSR count). The summed E-state index contributed by atoms with van der Waals surface area (Å²) in [6.45, 7) is 7.84. The molecule has 1 atom stereocenters. The maximum absolute atomic E-state index is 13.7. The minimum absolute atomic E-state index is 0.0944. The maximum Gasteiger partial charge on any atom is 0.395 e. The van der Waals surface area contributed by atoms with Gasteiger partial charge >= 0.3 is 6.18 Å². The van der Waals surface area contributed by atoms with Crippen LogP contribution >= 0.6 is 11.6 Å². The number of rotatable bonds is 10. The minimum Gasteiger partial charge on any atom is -0.481 e. The van der Waals surface area contributed by atoms with Crippen LogP contribution in [0.1, 0.15) is 44.4 Å². The van der Waals surface area contributed by atoms with Crippen molar-refractivity contribution in [1.82, 2.24) is 25.9 Å². The average molecular weight is 637 g/mol. The Labute approximate surface area is 263 Å². The molecule has 0 saturated carbocycles. The van der Waals surface area contributed by atoms with E-state index in [0.29, 0.717) is 28.9 Å². The third-order valence-electron chi connectivity index (χ3n) is 7.79. The SMILES string of the molecule is C=C(CC)N1C=C([C@@H](Nc2cc(Cl)c3ncc(C#N)c(NCC(C)(C)C(F)(F)F)c3c2)c2cccc3c(OC)nccc23)NN1. The molecule has 3 heterocycles. The van der Waals surface area contributed by atoms with Gasteiger partial charge in [-0.3, -0.25) is 9.99 Å². The molecule has 2 aromatic heterocycles. The largest absolute Gasteiger partial charge is 0.481 e. The summed E-state index contributed by atoms with van der Waals surface area (Å²) in [6.07, 6.45) is 1.12. The topological polar surface area (TPSA) is 110 Å². The molecule has 0 bridgehead atoms. The van der Waals surface area contributed by atoms with Crippen molar-refractivity contribution >= 4 is 44.7 Å². The maximum atomic E-state index is 13.7. The second-order valence-electron chi connectivity index (χ2n) is 11.2. The fourth-order valence-corrected chi connectivity index (χ4v) is 5.22. The van der Waals surface area contributed by atoms with E-state index in [2.05, 4.69) is 38.1 Å². The lowest BCUT2D eigenvalue weighted by Gasteiger charge is -2.29. The number of pyridine rings is 2. The van der Waals surface area contributed by atoms with E-state index in [4.69, 9.17) is 16.3 Å². The number of fused-ring (bicyclic) bond motifs is 2. The zero-order valence-corrected chi connectivity index (χ0v) is 25.9. The van der Waals surface area contributed by atoms with Gasteiger partial charge in [-0.15, -0.1) is 5.53 Å². The summed E-state index contributed by atoms with van der Waals surface area (Å²) in [5, 5.41) is 20.4. The van der Waals surface area contributed by atoms with Gasteiger partial charge in [0.05, 0.1) is 46.1 Å². The lowest BCUT2D eigenvalue weighted by molar-refractivity contribution is -0.206. The van der Waals surface area contributed by atoms with Crippen molar-refractivity contribution < 1.29 is 17.9 Å². The third kappa shape index (κ3) is 6.14. The van der Waals surface area contributed by atoms with E-state index in [1.807, 2.05) is 43.5 Å². The van der Waals surface area contributed by atoms with Crippen LogP contribution in [-0.2, 0) is 0 Å². The van der Waals surface area contributed by atoms with Crippen molar-refractivity contribution in [3.8, 4) is 11.9 Å². The Bertz CT molecular complexity index is 1850. The van der Waals surface area contributed by atoms with Crippen LogP contribution in [0.5, 0.6) is 5.88 Å². The Hall–Kier alpha value is -4.73. The molecule has 0 unspecified atom stereocenters. The molecular weight excluding hydrogens is 605 g/mol. The van der Waals surface area contributed by atoms with Gasteiger partial charge in [0.15, 0.2) is 0 Å². The highest BCUT2D eigenvalue weighted by atomic mass is 35.5. The number of methoxy groups -OCH3 is 1. The second kappa shape index (κ2) is 12.3. The molecule has 1 aliphatic rings. The van der Waals surface area contributed by atoms with Crippen LogP contribution in [0.3, 0.4) is 0 Å². The number of benzene rings is 2. The Morgan fingerprint density at radius 3 is 2.64 bits per heavy atom. The quantitative estimate of drug-likeness (QED) is 0.140. The number of halogens is 4. The summed E-state index contributed by atoms with van der Waals surface area (Å²) in [5.41, 5.74) is 7.93. The minimum atomic E-state index is -4.46. The zero-order chi connectivity index (χ0) is 32.5. The van der Waals surface area contributed by atoms with Crippen LogP contribution in [0.25, 0.3) is 21.7 Å². The number of hydrazine groups is 2. The zero-order valence-electron chi connectivity index (χ0n) is 25.1. The first-order valence-electron chi connectivity index (χ1n) is 14.1. The normalized spacial score (nSPS) is 14.1. The lowest BCUT2D eigenvalue weighted by Crippen LogP contribution is -2.38. The fraction of sp³-hybridized carbons (Fsp3) is 0.281. The summed E-state index contributed by atoms with van der Waals surface area (Å²) in [7, 11) is 1.56. The van der Waals surface area contributed by atoms with Gasteiger partial charge in [-0.05, 0) is 55.5 Å². The highest BCUT2D eigenvalue weighted by molar-refractivity contribution is 6.35. The second-order valence-corrected chi connectivity index (χ2v) is 11.6. The monoisotopic (exact) mass is 636 g/mol. The van der Waals surface area contributed by atoms with Crippen molar-refractivity contribution in [1.29, 1.82) is 5.26 Å². The fourth-order valence-electron chi connectivity index (χ4n) is 4.95. The van der Waals surface area contributed by atoms with Gasteiger partial charge in [0, 0.05) is 47.3 Å². The van der Waals surface area contributed by atoms with E-state index in [9.17, 15) is 18.4 Å². The van der Waals surface area contributed by atoms with Gasteiger partial charge in [0.1, 0.15) is 6.07 Å². The molecule has 0 fully saturated rings. The van der Waals surface area contributed by atoms with Crippen LogP contribution in [0, 0.1) is 16.7 Å². The molecule has 0 saturated heterocycles. The number of anilines is 2. The molecule has 13 heteroatoms. The standard InChI is InChI=1S/C32H32ClF3N8O/c1-6-18(2)44-16-26(42-43-44)29(22-8-7-9-23-21(22)10-11-38-30(23)45-5)41-20-12-24-27(40-17-31(3,4)32(34,35)36)19(14-37)15-39-28(24)25(33)13-20/h7-13,15-16,29,41-43H,2,6,17H2,1,3-5H3,(H,39,40)/t29-/m0/s1. The molecule has 9 nitrogen and oxygen atoms in total. The Kier molecular flexibility index (Phi) is 8.69. The lowest BCUT2D eigenvalue weighted by atomic mass is 9.92. The number of nitriles is 1. The summed E-state index contributed by atoms with van der Waals surface area (Å²) in [5.74, 6) is 0.474. The van der Waals surface area contributed by atoms with Crippen LogP contribution in [0.4, 0.5) is 24.5 Å². The molecule has 0 spiro atoms. The molecule has 2 aromatic carbocycles. The molecule has 0 aliphatic carbocycles. The van der Waals surface area contributed by atoms with Gasteiger partial charge in [-0.1, -0.05) is 37.2 Å². The van der Waals surface area contributed by atoms with Gasteiger partial charge in [0.25, 0.3) is 0 Å². The van der Waals surface area contributed by atoms with Gasteiger partial charge in [0.2, 0.25) is 5.88 Å². The molecule has 234 valence electrons. The van der Waals surface area contributed by atoms with E-state index in [0.717, 1.165) is 41.6 Å². The van der Waals surface area contributed by atoms with Crippen molar-refractivity contribution in [2.24, 2.45) is 5.41 Å². The van der Waals surface area contributed by atoms with Gasteiger partial charge in [-0.2, -0.15) is 18.4 Å². The number of hydrogen-bond acceptors (Lipinski definition) is 9. The Morgan fingerprint density at radius 2 is 1.96 bits per heavy atom. The number of nitrogens with zero attached hydrogens (tertiary/aromatic N) is 4. The van der Waals surface area contributed by atoms with Crippen molar-refractivity contribution in [3.63, 3.8) is 0 Å². The smallest absolute Gasteiger partial charge is 0.395 e. The predicted molar refractivity (Wildman–Crippen MR) is 170 cm³/mol. The Balaban J connectivity index is 1.64. The Morgan fingerprint density at radius 1 is 1.18 bits per heavy atom. The molecular formula is C32H32ClF3N8O. The number of alkyl halides is 3. The first kappa shape index (κ1) is 31.7. The van der Waals surface area contributed by atoms with Crippen LogP contribution in [0.15, 0.2) is 73.0 Å². The first-order chi connectivity index (χ1) is 21.4. The molecule has 1 aliphatic heterocycles. The molecule has 0 amide bonds. The highest BCUT2D eigenvalue weighted by Gasteiger charge is 2.47. The van der Waals surface area contributed by atoms with Crippen molar-refractivity contribution in [2.75, 3.05) is 24.3 Å². The van der Waals surface area contributed by atoms with E-state index in [1.54, 1.807) is 30.4 Å². The highest BCUT2D eigenvalue weighted by Crippen LogP contribution is 2.41. The van der Waals surface area contributed by atoms with Crippen molar-refractivity contribution in [3.05, 3.63) is 89.1 Å². The van der Waals surface area contributed by atoms with E-state index < -0.39 is 24.2 Å². The number of nitrogens with one attached hydrogen (secondary N) is 4. The van der Waals surface area contributed by atoms with Crippen LogP contribution < -0.4 is 26.3 Å². The van der Waals surface area contributed by atoms with Gasteiger partial charge in [-0.25, -0.2) is 4.98 Å². The van der Waals surface area contributed by atoms with Crippen LogP contribution in [-0.4, -0.2) is 34.8 Å². The van der Waals surface area contributed by atoms with E-state index in [-0.39, 0.29) is 16.3 Å². The van der Waals surface area contributed by atoms with E-state index >= 15 is 0 Å². The number of allylic oxidation sites excluding steroid dienone is 1. The third-order valence-corrected chi connectivity index (χ3v) is 8.08. The number of aromatic nitrogens is 2. The summed E-state index contributed by atoms with van der Waals surface area (Å²) in [6, 6.07) is 12.7. The average Bonchev–Trinajstić information content (AvgIpc) is 3.51. The number of ether oxygens (including phenoxy) is 1. The first-order valence-corrected chi connectivity index (χ1v) is 14.5. The summed E-state index contributed by atoms with van der Waals surface area (Å²) < 4.78 is 46.6. The van der Waals surface area contributed by atoms with Crippen molar-refractivity contribution in [2.45, 2.75) is 39.4 Å². The molecule has 0 radical (unpaired) electrons. The summed E-state index contributed by atoms with van der Waals surface area (Å²) >= 11 is 6.72. The molecule has 4 aromatic rings. The van der Waals surface area contributed by atoms with E-state index in [1.165, 1.54) is 6.20 Å². The van der Waals surface area contributed by atoms with Gasteiger partial charge < -0.3 is 20.8 Å². The molecule has 4 N–H and O–H groups in total. The van der Waals surface area contributed by atoms with Crippen LogP contribution in [0.2, 0.25) is 5.02 Å².